The molecule has 1 rings (SSSR count). The molecule has 2 atom stereocenters. The third kappa shape index (κ3) is 9.17. The lowest BCUT2D eigenvalue weighted by molar-refractivity contribution is -0.440. The summed E-state index contributed by atoms with van der Waals surface area (Å²) in [7, 11) is 7.32. The number of carbonyl (C=O) groups is 2. The van der Waals surface area contributed by atoms with Gasteiger partial charge in [0, 0.05) is 48.7 Å². The van der Waals surface area contributed by atoms with Gasteiger partial charge < -0.3 is 15.2 Å². The molecule has 0 aromatic heterocycles. The largest absolute Gasteiger partial charge is 0.464 e. The van der Waals surface area contributed by atoms with E-state index in [1.807, 2.05) is 0 Å². The van der Waals surface area contributed by atoms with E-state index in [2.05, 4.69) is 10.1 Å². The minimum atomic E-state index is -8.07. The molecule has 0 saturated carbocycles. The van der Waals surface area contributed by atoms with Gasteiger partial charge in [0.05, 0.1) is 25.0 Å². The number of hydrogen-bond acceptors (Lipinski definition) is 8. The number of ether oxygens (including phenoxy) is 1. The summed E-state index contributed by atoms with van der Waals surface area (Å²) in [5, 5.41) is 12.4. The maximum absolute atomic E-state index is 14.3. The van der Waals surface area contributed by atoms with Gasteiger partial charge in [-0.15, -0.1) is 14.0 Å². The molecule has 0 aliphatic rings. The minimum absolute atomic E-state index is 0.281. The predicted molar refractivity (Wildman–Crippen MR) is 158 cm³/mol. The van der Waals surface area contributed by atoms with Crippen LogP contribution in [0.4, 0.5) is 57.1 Å². The lowest BCUT2D eigenvalue weighted by Gasteiger charge is -2.39. The summed E-state index contributed by atoms with van der Waals surface area (Å²) >= 11 is 0. The van der Waals surface area contributed by atoms with Crippen molar-refractivity contribution in [2.45, 2.75) is 61.6 Å². The average Bonchev–Trinajstić information content (AvgIpc) is 2.99. The second kappa shape index (κ2) is 16.2. The SMILES string of the molecule is CN(C)[P+](OCC(C)(CO)C(=O)NC(Cc1ccccc1)C(=O)OCCC(F)(F)C(F)(F)C(F)(F)C(F)(F)C(F)(F)C(F)(F)F)(N(C)C)N(C)C. The Kier molecular flexibility index (Phi) is 14.8. The van der Waals surface area contributed by atoms with Gasteiger partial charge in [-0.25, -0.2) is 4.79 Å². The summed E-state index contributed by atoms with van der Waals surface area (Å²) in [4.78, 5) is 26.4. The lowest BCUT2D eigenvalue weighted by atomic mass is 9.91. The van der Waals surface area contributed by atoms with Gasteiger partial charge in [0.25, 0.3) is 0 Å². The molecule has 0 fully saturated rings. The Morgan fingerprint density at radius 2 is 1.22 bits per heavy atom. The third-order valence-electron chi connectivity index (χ3n) is 7.55. The summed E-state index contributed by atoms with van der Waals surface area (Å²) in [5.41, 5.74) is -1.55. The molecule has 1 amide bonds. The van der Waals surface area contributed by atoms with Crippen molar-refractivity contribution in [1.29, 1.82) is 0 Å². The zero-order valence-corrected chi connectivity index (χ0v) is 29.2. The van der Waals surface area contributed by atoms with Gasteiger partial charge in [-0.2, -0.15) is 61.6 Å². The van der Waals surface area contributed by atoms with E-state index in [4.69, 9.17) is 4.52 Å². The molecule has 1 aromatic rings. The van der Waals surface area contributed by atoms with Crippen molar-refractivity contribution in [3.8, 4) is 0 Å². The van der Waals surface area contributed by atoms with Gasteiger partial charge in [-0.1, -0.05) is 30.3 Å². The Hall–Kier alpha value is -2.52. The molecule has 1 aromatic carbocycles. The van der Waals surface area contributed by atoms with Crippen LogP contribution in [0.1, 0.15) is 18.9 Å². The number of carbonyl (C=O) groups excluding carboxylic acids is 2. The van der Waals surface area contributed by atoms with E-state index in [9.17, 15) is 71.8 Å². The smallest absolute Gasteiger partial charge is 0.460 e. The van der Waals surface area contributed by atoms with Crippen LogP contribution in [0.25, 0.3) is 0 Å². The second-order valence-electron chi connectivity index (χ2n) is 12.2. The molecule has 51 heavy (non-hydrogen) atoms. The van der Waals surface area contributed by atoms with Crippen LogP contribution >= 0.6 is 7.94 Å². The van der Waals surface area contributed by atoms with Crippen LogP contribution in [0.15, 0.2) is 30.3 Å². The Labute approximate surface area is 285 Å². The zero-order valence-electron chi connectivity index (χ0n) is 28.3. The standard InChI is InChI=1S/C28H38F13N4O5P/c1-22(16-46,17-50-51(43(2)3,44(4)5)45(6)7)21(48)42-19(15-18-11-9-8-10-12-18)20(47)49-14-13-23(29,30)24(31,32)25(33,34)26(35,36)27(37,38)28(39,40)41/h8-12,19,46H,13-17H2,1-7H3/p+1. The monoisotopic (exact) mass is 789 g/mol. The van der Waals surface area contributed by atoms with E-state index in [0.29, 0.717) is 0 Å². The first-order valence-electron chi connectivity index (χ1n) is 14.5. The summed E-state index contributed by atoms with van der Waals surface area (Å²) in [5.74, 6) is -40.7. The number of nitrogens with zero attached hydrogens (tertiary/aromatic N) is 3. The van der Waals surface area contributed by atoms with Crippen molar-refractivity contribution >= 4 is 19.8 Å². The zero-order chi connectivity index (χ0) is 40.2. The number of rotatable bonds is 19. The molecule has 296 valence electrons. The number of esters is 1. The highest BCUT2D eigenvalue weighted by molar-refractivity contribution is 7.64. The number of aliphatic hydroxyl groups is 1. The van der Waals surface area contributed by atoms with Gasteiger partial charge in [0.15, 0.2) is 0 Å². The fourth-order valence-corrected chi connectivity index (χ4v) is 7.84. The molecule has 0 bridgehead atoms. The first-order valence-corrected chi connectivity index (χ1v) is 16.1. The highest BCUT2D eigenvalue weighted by Crippen LogP contribution is 2.65. The van der Waals surface area contributed by atoms with Gasteiger partial charge in [0.2, 0.25) is 5.91 Å². The van der Waals surface area contributed by atoms with Crippen molar-refractivity contribution in [3.63, 3.8) is 0 Å². The second-order valence-corrected chi connectivity index (χ2v) is 15.9. The molecule has 2 unspecified atom stereocenters. The number of nitrogens with one attached hydrogen (secondary N) is 1. The molecule has 0 saturated heterocycles. The first-order chi connectivity index (χ1) is 22.8. The molecule has 0 spiro atoms. The first kappa shape index (κ1) is 46.5. The fraction of sp³-hybridized carbons (Fsp3) is 0.714. The van der Waals surface area contributed by atoms with Crippen molar-refractivity contribution < 1.29 is 81.0 Å². The van der Waals surface area contributed by atoms with Crippen LogP contribution in [0.3, 0.4) is 0 Å². The van der Waals surface area contributed by atoms with E-state index in [0.717, 1.165) is 0 Å². The van der Waals surface area contributed by atoms with E-state index in [-0.39, 0.29) is 5.56 Å². The number of halogens is 13. The van der Waals surface area contributed by atoms with E-state index in [1.54, 1.807) is 56.3 Å². The third-order valence-corrected chi connectivity index (χ3v) is 11.1. The van der Waals surface area contributed by atoms with Crippen molar-refractivity contribution in [2.24, 2.45) is 5.41 Å². The summed E-state index contributed by atoms with van der Waals surface area (Å²) in [6, 6.07) is 5.44. The van der Waals surface area contributed by atoms with E-state index < -0.39 is 99.7 Å². The Balaban J connectivity index is 3.31. The quantitative estimate of drug-likeness (QED) is 0.104. The molecule has 0 aliphatic heterocycles. The molecule has 0 heterocycles. The normalized spacial score (nSPS) is 16.0. The van der Waals surface area contributed by atoms with Crippen LogP contribution in [-0.4, -0.2) is 135 Å². The molecular weight excluding hydrogens is 750 g/mol. The van der Waals surface area contributed by atoms with Crippen LogP contribution in [-0.2, 0) is 25.3 Å². The Morgan fingerprint density at radius 1 is 0.765 bits per heavy atom. The van der Waals surface area contributed by atoms with Crippen molar-refractivity contribution in [2.75, 3.05) is 62.1 Å². The fourth-order valence-electron chi connectivity index (χ4n) is 4.55. The number of hydrogen-bond donors (Lipinski definition) is 2. The van der Waals surface area contributed by atoms with Crippen LogP contribution in [0, 0.1) is 5.41 Å². The topological polar surface area (TPSA) is 94.6 Å². The van der Waals surface area contributed by atoms with Gasteiger partial charge in [-0.05, 0) is 12.5 Å². The molecule has 9 nitrogen and oxygen atoms in total. The van der Waals surface area contributed by atoms with E-state index in [1.165, 1.54) is 37.3 Å². The maximum atomic E-state index is 14.3. The molecule has 0 aliphatic carbocycles. The number of alkyl halides is 13. The predicted octanol–water partition coefficient (Wildman–Crippen LogP) is 5.76. The van der Waals surface area contributed by atoms with Gasteiger partial charge in [-0.3, -0.25) is 4.79 Å². The highest BCUT2D eigenvalue weighted by Gasteiger charge is 2.90. The minimum Gasteiger partial charge on any atom is -0.464 e. The van der Waals surface area contributed by atoms with Crippen molar-refractivity contribution in [3.05, 3.63) is 35.9 Å². The molecule has 2 N–H and O–H groups in total. The van der Waals surface area contributed by atoms with Crippen molar-refractivity contribution in [1.82, 2.24) is 19.3 Å². The van der Waals surface area contributed by atoms with Crippen LogP contribution in [0.2, 0.25) is 0 Å². The van der Waals surface area contributed by atoms with Gasteiger partial charge >= 0.3 is 49.7 Å². The highest BCUT2D eigenvalue weighted by atomic mass is 31.2. The van der Waals surface area contributed by atoms with Crippen LogP contribution < -0.4 is 5.32 Å². The Morgan fingerprint density at radius 3 is 1.63 bits per heavy atom. The van der Waals surface area contributed by atoms with Gasteiger partial charge in [0.1, 0.15) is 12.6 Å². The maximum Gasteiger partial charge on any atom is 0.460 e. The Bertz CT molecular complexity index is 1300. The summed E-state index contributed by atoms with van der Waals surface area (Å²) < 4.78 is 191. The van der Waals surface area contributed by atoms with Crippen LogP contribution in [0.5, 0.6) is 0 Å². The summed E-state index contributed by atoms with van der Waals surface area (Å²) in [6.45, 7) is -2.16. The molecule has 0 radical (unpaired) electrons. The summed E-state index contributed by atoms with van der Waals surface area (Å²) in [6.07, 6.45) is -10.8. The van der Waals surface area contributed by atoms with E-state index >= 15 is 0 Å². The average molecular weight is 790 g/mol. The molecule has 23 heteroatoms. The molecular formula is C28H39F13N4O5P+. The lowest BCUT2D eigenvalue weighted by Crippen LogP contribution is -2.70. The number of benzene rings is 1. The number of amides is 1. The number of aliphatic hydroxyl groups excluding tert-OH is 1.